The maximum Gasteiger partial charge on any atom is 0.288 e. The van der Waals surface area contributed by atoms with Gasteiger partial charge in [-0.25, -0.2) is 15.0 Å². The lowest BCUT2D eigenvalue weighted by Crippen LogP contribution is -2.29. The molecular formula is C17H21ClN6O. The number of nitrogens with zero attached hydrogens (tertiary/aromatic N) is 4. The predicted octanol–water partition coefficient (Wildman–Crippen LogP) is 2.19. The van der Waals surface area contributed by atoms with E-state index in [0.29, 0.717) is 10.8 Å². The topological polar surface area (TPSA) is 83.0 Å². The highest BCUT2D eigenvalue weighted by molar-refractivity contribution is 6.32. The van der Waals surface area contributed by atoms with E-state index < -0.39 is 0 Å². The molecule has 132 valence electrons. The molecule has 1 aliphatic rings. The molecule has 0 aliphatic carbocycles. The van der Waals surface area contributed by atoms with Gasteiger partial charge in [-0.2, -0.15) is 0 Å². The second-order valence-corrected chi connectivity index (χ2v) is 6.48. The minimum absolute atomic E-state index is 0.199. The van der Waals surface area contributed by atoms with Crippen LogP contribution < -0.4 is 15.5 Å². The number of amides is 1. The lowest BCUT2D eigenvalue weighted by molar-refractivity contribution is 0.0952. The molecule has 2 aromatic rings. The number of halogens is 1. The van der Waals surface area contributed by atoms with Crippen LogP contribution in [-0.2, 0) is 0 Å². The molecule has 7 nitrogen and oxygen atoms in total. The van der Waals surface area contributed by atoms with Crippen molar-refractivity contribution in [3.05, 3.63) is 40.4 Å². The third kappa shape index (κ3) is 3.66. The molecule has 2 N–H and O–H groups in total. The van der Waals surface area contributed by atoms with Crippen molar-refractivity contribution in [2.75, 3.05) is 30.4 Å². The van der Waals surface area contributed by atoms with E-state index in [1.165, 1.54) is 0 Å². The molecule has 1 fully saturated rings. The quantitative estimate of drug-likeness (QED) is 0.869. The molecule has 0 unspecified atom stereocenters. The summed E-state index contributed by atoms with van der Waals surface area (Å²) in [5.74, 6) is 1.42. The van der Waals surface area contributed by atoms with E-state index in [1.54, 1.807) is 13.2 Å². The number of carbonyl (C=O) groups excluding carboxylic acids is 1. The van der Waals surface area contributed by atoms with Crippen LogP contribution in [0.1, 0.15) is 28.3 Å². The number of nitrogens with one attached hydrogen (secondary N) is 2. The second kappa shape index (κ2) is 7.23. The van der Waals surface area contributed by atoms with Gasteiger partial charge in [-0.1, -0.05) is 11.6 Å². The van der Waals surface area contributed by atoms with Gasteiger partial charge in [0, 0.05) is 43.6 Å². The van der Waals surface area contributed by atoms with Crippen LogP contribution >= 0.6 is 11.6 Å². The number of carbonyl (C=O) groups is 1. The Hall–Kier alpha value is -2.41. The highest BCUT2D eigenvalue weighted by Crippen LogP contribution is 2.26. The Morgan fingerprint density at radius 3 is 2.88 bits per heavy atom. The Morgan fingerprint density at radius 2 is 2.16 bits per heavy atom. The summed E-state index contributed by atoms with van der Waals surface area (Å²) in [6.45, 7) is 5.48. The van der Waals surface area contributed by atoms with Gasteiger partial charge in [0.2, 0.25) is 5.82 Å². The van der Waals surface area contributed by atoms with Crippen molar-refractivity contribution in [2.45, 2.75) is 26.3 Å². The molecule has 3 rings (SSSR count). The molecule has 1 atom stereocenters. The standard InChI is InChI=1S/C17H21ClN6O/c1-10-11(2)21-15(17(25)19-3)23-16(10)24-8-6-12(9-24)22-14-13(18)5-4-7-20-14/h4-5,7,12H,6,8-9H2,1-3H3,(H,19,25)(H,20,22)/t12-/m1/s1. The summed E-state index contributed by atoms with van der Waals surface area (Å²) in [6, 6.07) is 3.84. The zero-order chi connectivity index (χ0) is 18.0. The van der Waals surface area contributed by atoms with Gasteiger partial charge in [-0.3, -0.25) is 4.79 Å². The number of hydrogen-bond acceptors (Lipinski definition) is 6. The van der Waals surface area contributed by atoms with E-state index in [2.05, 4.69) is 30.5 Å². The number of hydrogen-bond donors (Lipinski definition) is 2. The molecule has 0 bridgehead atoms. The Balaban J connectivity index is 1.79. The van der Waals surface area contributed by atoms with Crippen molar-refractivity contribution >= 4 is 29.1 Å². The highest BCUT2D eigenvalue weighted by Gasteiger charge is 2.27. The van der Waals surface area contributed by atoms with Gasteiger partial charge in [-0.15, -0.1) is 0 Å². The SMILES string of the molecule is CNC(=O)c1nc(C)c(C)c(N2CC[C@@H](Nc3ncccc3Cl)C2)n1. The monoisotopic (exact) mass is 360 g/mol. The molecule has 2 aromatic heterocycles. The lowest BCUT2D eigenvalue weighted by atomic mass is 10.2. The van der Waals surface area contributed by atoms with Crippen LogP contribution in [0, 0.1) is 13.8 Å². The zero-order valence-corrected chi connectivity index (χ0v) is 15.3. The van der Waals surface area contributed by atoms with E-state index >= 15 is 0 Å². The first-order valence-corrected chi connectivity index (χ1v) is 8.56. The van der Waals surface area contributed by atoms with Gasteiger partial charge in [0.25, 0.3) is 5.91 Å². The van der Waals surface area contributed by atoms with Gasteiger partial charge >= 0.3 is 0 Å². The minimum atomic E-state index is -0.279. The van der Waals surface area contributed by atoms with Gasteiger partial charge in [0.05, 0.1) is 5.02 Å². The Kier molecular flexibility index (Phi) is 5.03. The number of aryl methyl sites for hydroxylation is 1. The Labute approximate surface area is 151 Å². The number of anilines is 2. The summed E-state index contributed by atoms with van der Waals surface area (Å²) >= 11 is 6.17. The smallest absolute Gasteiger partial charge is 0.288 e. The van der Waals surface area contributed by atoms with Gasteiger partial charge in [0.1, 0.15) is 11.6 Å². The first-order valence-electron chi connectivity index (χ1n) is 8.19. The summed E-state index contributed by atoms with van der Waals surface area (Å²) in [7, 11) is 1.58. The average molecular weight is 361 g/mol. The molecular weight excluding hydrogens is 340 g/mol. The number of rotatable bonds is 4. The van der Waals surface area contributed by atoms with Gasteiger partial charge < -0.3 is 15.5 Å². The molecule has 3 heterocycles. The van der Waals surface area contributed by atoms with Crippen molar-refractivity contribution < 1.29 is 4.79 Å². The van der Waals surface area contributed by atoms with Crippen LogP contribution in [0.25, 0.3) is 0 Å². The molecule has 0 radical (unpaired) electrons. The predicted molar refractivity (Wildman–Crippen MR) is 98.4 cm³/mol. The van der Waals surface area contributed by atoms with E-state index in [0.717, 1.165) is 36.6 Å². The normalized spacial score (nSPS) is 16.8. The third-order valence-electron chi connectivity index (χ3n) is 4.38. The number of pyridine rings is 1. The fourth-order valence-corrected chi connectivity index (χ4v) is 3.07. The van der Waals surface area contributed by atoms with Gasteiger partial charge in [-0.05, 0) is 32.4 Å². The van der Waals surface area contributed by atoms with Crippen molar-refractivity contribution in [3.8, 4) is 0 Å². The maximum atomic E-state index is 11.9. The van der Waals surface area contributed by atoms with Gasteiger partial charge in [0.15, 0.2) is 0 Å². The third-order valence-corrected chi connectivity index (χ3v) is 4.69. The van der Waals surface area contributed by atoms with Crippen molar-refractivity contribution in [2.24, 2.45) is 0 Å². The molecule has 1 saturated heterocycles. The van der Waals surface area contributed by atoms with Crippen molar-refractivity contribution in [1.82, 2.24) is 20.3 Å². The molecule has 0 saturated carbocycles. The highest BCUT2D eigenvalue weighted by atomic mass is 35.5. The van der Waals surface area contributed by atoms with E-state index in [1.807, 2.05) is 26.0 Å². The first kappa shape index (κ1) is 17.4. The largest absolute Gasteiger partial charge is 0.364 e. The van der Waals surface area contributed by atoms with Crippen molar-refractivity contribution in [3.63, 3.8) is 0 Å². The van der Waals surface area contributed by atoms with Crippen LogP contribution in [0.15, 0.2) is 18.3 Å². The number of aromatic nitrogens is 3. The van der Waals surface area contributed by atoms with Crippen molar-refractivity contribution in [1.29, 1.82) is 0 Å². The van der Waals surface area contributed by atoms with Crippen LogP contribution in [0.3, 0.4) is 0 Å². The summed E-state index contributed by atoms with van der Waals surface area (Å²) in [5, 5.41) is 6.57. The molecule has 0 spiro atoms. The first-order chi connectivity index (χ1) is 12.0. The summed E-state index contributed by atoms with van der Waals surface area (Å²) in [4.78, 5) is 27.1. The molecule has 25 heavy (non-hydrogen) atoms. The summed E-state index contributed by atoms with van der Waals surface area (Å²) in [6.07, 6.45) is 2.65. The Morgan fingerprint density at radius 1 is 1.36 bits per heavy atom. The van der Waals surface area contributed by atoms with Crippen LogP contribution in [0.5, 0.6) is 0 Å². The van der Waals surface area contributed by atoms with E-state index in [-0.39, 0.29) is 17.8 Å². The fourth-order valence-electron chi connectivity index (χ4n) is 2.89. The Bertz CT molecular complexity index is 797. The zero-order valence-electron chi connectivity index (χ0n) is 14.5. The van der Waals surface area contributed by atoms with Crippen LogP contribution in [0.4, 0.5) is 11.6 Å². The summed E-state index contributed by atoms with van der Waals surface area (Å²) in [5.41, 5.74) is 1.80. The maximum absolute atomic E-state index is 11.9. The molecule has 1 aliphatic heterocycles. The molecule has 1 amide bonds. The fraction of sp³-hybridized carbons (Fsp3) is 0.412. The molecule has 8 heteroatoms. The second-order valence-electron chi connectivity index (χ2n) is 6.07. The average Bonchev–Trinajstić information content (AvgIpc) is 3.07. The van der Waals surface area contributed by atoms with Crippen LogP contribution in [0.2, 0.25) is 5.02 Å². The molecule has 0 aromatic carbocycles. The lowest BCUT2D eigenvalue weighted by Gasteiger charge is -2.21. The van der Waals surface area contributed by atoms with E-state index in [4.69, 9.17) is 11.6 Å². The van der Waals surface area contributed by atoms with E-state index in [9.17, 15) is 4.79 Å². The summed E-state index contributed by atoms with van der Waals surface area (Å²) < 4.78 is 0. The van der Waals surface area contributed by atoms with Crippen LogP contribution in [-0.4, -0.2) is 47.0 Å². The minimum Gasteiger partial charge on any atom is -0.364 e.